The molecule has 0 saturated carbocycles. The van der Waals surface area contributed by atoms with Crippen LogP contribution in [0.3, 0.4) is 0 Å². The van der Waals surface area contributed by atoms with E-state index in [1.165, 1.54) is 0 Å². The van der Waals surface area contributed by atoms with Crippen LogP contribution in [0.15, 0.2) is 30.6 Å². The highest BCUT2D eigenvalue weighted by Crippen LogP contribution is 2.28. The van der Waals surface area contributed by atoms with Crippen LogP contribution in [0.5, 0.6) is 0 Å². The standard InChI is InChI=1S/C16H14Cl2N6O2/c1-9-14(24(25)26)15(23-7-6-19-10(23)2)22-16(21-9)20-8-11-4-3-5-12(17)13(11)18/h3-7H,8H2,1-2H3,(H,20,21,22). The van der Waals surface area contributed by atoms with E-state index in [4.69, 9.17) is 23.2 Å². The number of anilines is 1. The highest BCUT2D eigenvalue weighted by Gasteiger charge is 2.24. The maximum absolute atomic E-state index is 11.5. The Bertz CT molecular complexity index is 989. The van der Waals surface area contributed by atoms with Crippen LogP contribution in [0, 0.1) is 24.0 Å². The van der Waals surface area contributed by atoms with Gasteiger partial charge in [-0.3, -0.25) is 14.7 Å². The van der Waals surface area contributed by atoms with Gasteiger partial charge in [-0.1, -0.05) is 35.3 Å². The molecule has 0 amide bonds. The number of nitro groups is 1. The molecule has 0 atom stereocenters. The van der Waals surface area contributed by atoms with Crippen molar-refractivity contribution < 1.29 is 4.92 Å². The molecule has 2 aromatic heterocycles. The number of rotatable bonds is 5. The lowest BCUT2D eigenvalue weighted by Gasteiger charge is -2.11. The molecule has 0 saturated heterocycles. The van der Waals surface area contributed by atoms with Crippen molar-refractivity contribution in [1.82, 2.24) is 19.5 Å². The fraction of sp³-hybridized carbons (Fsp3) is 0.188. The molecule has 26 heavy (non-hydrogen) atoms. The predicted molar refractivity (Wildman–Crippen MR) is 99.1 cm³/mol. The van der Waals surface area contributed by atoms with Crippen molar-refractivity contribution in [2.24, 2.45) is 0 Å². The number of halogens is 2. The minimum atomic E-state index is -0.498. The van der Waals surface area contributed by atoms with Gasteiger partial charge in [-0.2, -0.15) is 4.98 Å². The third-order valence-electron chi connectivity index (χ3n) is 3.74. The highest BCUT2D eigenvalue weighted by atomic mass is 35.5. The minimum Gasteiger partial charge on any atom is -0.350 e. The van der Waals surface area contributed by atoms with E-state index in [1.807, 2.05) is 6.07 Å². The number of hydrogen-bond donors (Lipinski definition) is 1. The van der Waals surface area contributed by atoms with E-state index < -0.39 is 4.92 Å². The van der Waals surface area contributed by atoms with E-state index in [-0.39, 0.29) is 23.1 Å². The molecule has 0 unspecified atom stereocenters. The van der Waals surface area contributed by atoms with Gasteiger partial charge < -0.3 is 5.32 Å². The molecule has 8 nitrogen and oxygen atoms in total. The Labute approximate surface area is 159 Å². The Morgan fingerprint density at radius 3 is 2.69 bits per heavy atom. The number of nitrogens with zero attached hydrogens (tertiary/aromatic N) is 5. The van der Waals surface area contributed by atoms with E-state index in [0.29, 0.717) is 22.4 Å². The van der Waals surface area contributed by atoms with Gasteiger partial charge in [-0.25, -0.2) is 9.97 Å². The lowest BCUT2D eigenvalue weighted by Crippen LogP contribution is -2.12. The molecular weight excluding hydrogens is 379 g/mol. The summed E-state index contributed by atoms with van der Waals surface area (Å²) in [5, 5.41) is 15.4. The molecular formula is C16H14Cl2N6O2. The van der Waals surface area contributed by atoms with Crippen LogP contribution in [0.25, 0.3) is 5.82 Å². The molecule has 2 heterocycles. The van der Waals surface area contributed by atoms with Gasteiger partial charge in [0.1, 0.15) is 11.5 Å². The van der Waals surface area contributed by atoms with Crippen LogP contribution < -0.4 is 5.32 Å². The molecule has 0 spiro atoms. The summed E-state index contributed by atoms with van der Waals surface area (Å²) in [5.41, 5.74) is 0.837. The van der Waals surface area contributed by atoms with Gasteiger partial charge in [0.15, 0.2) is 0 Å². The summed E-state index contributed by atoms with van der Waals surface area (Å²) in [7, 11) is 0. The lowest BCUT2D eigenvalue weighted by atomic mass is 10.2. The van der Waals surface area contributed by atoms with Crippen LogP contribution in [-0.2, 0) is 6.54 Å². The Hall–Kier alpha value is -2.71. The summed E-state index contributed by atoms with van der Waals surface area (Å²) in [5.74, 6) is 0.972. The topological polar surface area (TPSA) is 98.8 Å². The Morgan fingerprint density at radius 1 is 1.27 bits per heavy atom. The number of imidazole rings is 1. The zero-order valence-corrected chi connectivity index (χ0v) is 15.4. The quantitative estimate of drug-likeness (QED) is 0.518. The van der Waals surface area contributed by atoms with Crippen molar-refractivity contribution in [3.05, 3.63) is 67.8 Å². The maximum Gasteiger partial charge on any atom is 0.333 e. The van der Waals surface area contributed by atoms with E-state index in [0.717, 1.165) is 5.56 Å². The molecule has 0 radical (unpaired) electrons. The van der Waals surface area contributed by atoms with Gasteiger partial charge in [0, 0.05) is 18.9 Å². The van der Waals surface area contributed by atoms with Crippen molar-refractivity contribution in [3.63, 3.8) is 0 Å². The smallest absolute Gasteiger partial charge is 0.333 e. The van der Waals surface area contributed by atoms with E-state index in [1.54, 1.807) is 42.9 Å². The second-order valence-electron chi connectivity index (χ2n) is 5.47. The van der Waals surface area contributed by atoms with Crippen molar-refractivity contribution in [3.8, 4) is 5.82 Å². The number of benzene rings is 1. The molecule has 134 valence electrons. The molecule has 0 aliphatic rings. The fourth-order valence-electron chi connectivity index (χ4n) is 2.47. The number of hydrogen-bond acceptors (Lipinski definition) is 6. The number of aromatic nitrogens is 4. The van der Waals surface area contributed by atoms with Gasteiger partial charge in [0.2, 0.25) is 11.8 Å². The first-order valence-corrected chi connectivity index (χ1v) is 8.34. The summed E-state index contributed by atoms with van der Waals surface area (Å²) in [6, 6.07) is 5.30. The van der Waals surface area contributed by atoms with Gasteiger partial charge in [-0.15, -0.1) is 0 Å². The van der Waals surface area contributed by atoms with Crippen molar-refractivity contribution in [1.29, 1.82) is 0 Å². The molecule has 0 fully saturated rings. The second-order valence-corrected chi connectivity index (χ2v) is 6.26. The van der Waals surface area contributed by atoms with Crippen molar-refractivity contribution in [2.45, 2.75) is 20.4 Å². The zero-order valence-electron chi connectivity index (χ0n) is 13.9. The van der Waals surface area contributed by atoms with Gasteiger partial charge in [0.05, 0.1) is 15.0 Å². The molecule has 1 N–H and O–H groups in total. The first-order valence-electron chi connectivity index (χ1n) is 7.58. The summed E-state index contributed by atoms with van der Waals surface area (Å²) in [4.78, 5) is 23.6. The van der Waals surface area contributed by atoms with Gasteiger partial charge in [-0.05, 0) is 25.5 Å². The van der Waals surface area contributed by atoms with Crippen molar-refractivity contribution >= 4 is 34.8 Å². The summed E-state index contributed by atoms with van der Waals surface area (Å²) in [6.45, 7) is 3.62. The number of nitrogens with one attached hydrogen (secondary N) is 1. The summed E-state index contributed by atoms with van der Waals surface area (Å²) in [6.07, 6.45) is 3.16. The van der Waals surface area contributed by atoms with E-state index in [2.05, 4.69) is 20.3 Å². The number of aryl methyl sites for hydroxylation is 2. The minimum absolute atomic E-state index is 0.150. The molecule has 0 aliphatic carbocycles. The second kappa shape index (κ2) is 7.27. The molecule has 0 bridgehead atoms. The maximum atomic E-state index is 11.5. The zero-order chi connectivity index (χ0) is 18.8. The van der Waals surface area contributed by atoms with Crippen LogP contribution in [0.2, 0.25) is 10.0 Å². The highest BCUT2D eigenvalue weighted by molar-refractivity contribution is 6.42. The van der Waals surface area contributed by atoms with E-state index in [9.17, 15) is 10.1 Å². The largest absolute Gasteiger partial charge is 0.350 e. The normalized spacial score (nSPS) is 10.8. The molecule has 0 aliphatic heterocycles. The first-order chi connectivity index (χ1) is 12.4. The van der Waals surface area contributed by atoms with Crippen LogP contribution in [0.1, 0.15) is 17.1 Å². The monoisotopic (exact) mass is 392 g/mol. The average Bonchev–Trinajstić information content (AvgIpc) is 3.01. The van der Waals surface area contributed by atoms with Crippen LogP contribution >= 0.6 is 23.2 Å². The third kappa shape index (κ3) is 3.47. The fourth-order valence-corrected chi connectivity index (χ4v) is 2.86. The SMILES string of the molecule is Cc1nc(NCc2cccc(Cl)c2Cl)nc(-n2ccnc2C)c1[N+](=O)[O-]. The van der Waals surface area contributed by atoms with Crippen LogP contribution in [0.4, 0.5) is 11.6 Å². The average molecular weight is 393 g/mol. The third-order valence-corrected chi connectivity index (χ3v) is 4.60. The first kappa shape index (κ1) is 18.1. The van der Waals surface area contributed by atoms with Crippen molar-refractivity contribution in [2.75, 3.05) is 5.32 Å². The molecule has 10 heteroatoms. The molecule has 3 rings (SSSR count). The molecule has 3 aromatic rings. The van der Waals surface area contributed by atoms with Crippen LogP contribution in [-0.4, -0.2) is 24.4 Å². The molecule has 1 aromatic carbocycles. The summed E-state index contributed by atoms with van der Waals surface area (Å²) >= 11 is 12.2. The van der Waals surface area contributed by atoms with E-state index >= 15 is 0 Å². The Balaban J connectivity index is 1.99. The Kier molecular flexibility index (Phi) is 5.06. The van der Waals surface area contributed by atoms with Gasteiger partial charge in [0.25, 0.3) is 0 Å². The summed E-state index contributed by atoms with van der Waals surface area (Å²) < 4.78 is 1.55. The Morgan fingerprint density at radius 2 is 2.04 bits per heavy atom. The van der Waals surface area contributed by atoms with Gasteiger partial charge >= 0.3 is 5.69 Å². The lowest BCUT2D eigenvalue weighted by molar-refractivity contribution is -0.385. The predicted octanol–water partition coefficient (Wildman–Crippen LogP) is 4.11.